The molecule has 1 aromatic carbocycles. The Morgan fingerprint density at radius 3 is 2.80 bits per heavy atom. The molecule has 0 radical (unpaired) electrons. The lowest BCUT2D eigenvalue weighted by Crippen LogP contribution is -2.19. The first-order chi connectivity index (χ1) is 9.47. The number of benzene rings is 1. The molecule has 4 nitrogen and oxygen atoms in total. The van der Waals surface area contributed by atoms with Crippen molar-refractivity contribution in [3.8, 4) is 5.69 Å². The maximum absolute atomic E-state index is 13.3. The molecule has 0 unspecified atom stereocenters. The van der Waals surface area contributed by atoms with Gasteiger partial charge in [-0.3, -0.25) is 9.59 Å². The SMILES string of the molecule is Cc1cc(=O)c(CCC(=O)Cl)nn1-c1cccc(F)c1. The lowest BCUT2D eigenvalue weighted by molar-refractivity contribution is -0.111. The van der Waals surface area contributed by atoms with Crippen molar-refractivity contribution >= 4 is 16.8 Å². The summed E-state index contributed by atoms with van der Waals surface area (Å²) in [6.45, 7) is 1.70. The number of aryl methyl sites for hydroxylation is 2. The van der Waals surface area contributed by atoms with Crippen molar-refractivity contribution < 1.29 is 9.18 Å². The summed E-state index contributed by atoms with van der Waals surface area (Å²) in [4.78, 5) is 22.6. The summed E-state index contributed by atoms with van der Waals surface area (Å²) in [5.74, 6) is -0.389. The van der Waals surface area contributed by atoms with Gasteiger partial charge in [-0.25, -0.2) is 9.07 Å². The fourth-order valence-electron chi connectivity index (χ4n) is 1.84. The molecule has 0 saturated heterocycles. The smallest absolute Gasteiger partial charge is 0.222 e. The van der Waals surface area contributed by atoms with Gasteiger partial charge in [0.1, 0.15) is 11.5 Å². The van der Waals surface area contributed by atoms with E-state index in [-0.39, 0.29) is 29.8 Å². The minimum absolute atomic E-state index is 0.0377. The topological polar surface area (TPSA) is 52.0 Å². The van der Waals surface area contributed by atoms with Gasteiger partial charge in [-0.1, -0.05) is 6.07 Å². The number of rotatable bonds is 4. The zero-order chi connectivity index (χ0) is 14.7. The number of carbonyl (C=O) groups is 1. The molecule has 0 amide bonds. The monoisotopic (exact) mass is 294 g/mol. The number of hydrogen-bond acceptors (Lipinski definition) is 3. The van der Waals surface area contributed by atoms with Gasteiger partial charge in [-0.05, 0) is 36.7 Å². The van der Waals surface area contributed by atoms with Gasteiger partial charge in [0.2, 0.25) is 10.7 Å². The summed E-state index contributed by atoms with van der Waals surface area (Å²) in [5.41, 5.74) is 1.07. The highest BCUT2D eigenvalue weighted by Gasteiger charge is 2.09. The second kappa shape index (κ2) is 5.96. The normalized spacial score (nSPS) is 10.6. The van der Waals surface area contributed by atoms with E-state index < -0.39 is 5.24 Å². The minimum Gasteiger partial charge on any atom is -0.288 e. The number of halogens is 2. The standard InChI is InChI=1S/C14H12ClFN2O2/c1-9-7-13(19)12(5-6-14(15)20)17-18(9)11-4-2-3-10(16)8-11/h2-4,7-8H,5-6H2,1H3. The molecule has 0 atom stereocenters. The third-order valence-corrected chi connectivity index (χ3v) is 2.98. The number of aromatic nitrogens is 2. The Kier molecular flexibility index (Phi) is 4.29. The number of hydrogen-bond donors (Lipinski definition) is 0. The summed E-state index contributed by atoms with van der Waals surface area (Å²) in [7, 11) is 0. The first kappa shape index (κ1) is 14.4. The summed E-state index contributed by atoms with van der Waals surface area (Å²) < 4.78 is 14.7. The van der Waals surface area contributed by atoms with Crippen LogP contribution in [0.1, 0.15) is 17.8 Å². The molecule has 104 valence electrons. The summed E-state index contributed by atoms with van der Waals surface area (Å²) in [6.07, 6.45) is 0.201. The predicted molar refractivity (Wildman–Crippen MR) is 73.7 cm³/mol. The molecule has 0 bridgehead atoms. The lowest BCUT2D eigenvalue weighted by Gasteiger charge is -2.11. The van der Waals surface area contributed by atoms with E-state index in [2.05, 4.69) is 5.10 Å². The Balaban J connectivity index is 2.46. The molecule has 1 heterocycles. The van der Waals surface area contributed by atoms with E-state index in [1.807, 2.05) is 0 Å². The van der Waals surface area contributed by atoms with Gasteiger partial charge >= 0.3 is 0 Å². The molecule has 6 heteroatoms. The highest BCUT2D eigenvalue weighted by atomic mass is 35.5. The molecule has 0 aliphatic carbocycles. The highest BCUT2D eigenvalue weighted by Crippen LogP contribution is 2.11. The number of carbonyl (C=O) groups excluding carboxylic acids is 1. The van der Waals surface area contributed by atoms with Crippen LogP contribution in [0.15, 0.2) is 35.1 Å². The van der Waals surface area contributed by atoms with Gasteiger partial charge < -0.3 is 0 Å². The third kappa shape index (κ3) is 3.30. The van der Waals surface area contributed by atoms with Gasteiger partial charge in [-0.15, -0.1) is 0 Å². The lowest BCUT2D eigenvalue weighted by atomic mass is 10.2. The largest absolute Gasteiger partial charge is 0.288 e. The second-order valence-electron chi connectivity index (χ2n) is 4.34. The van der Waals surface area contributed by atoms with E-state index in [9.17, 15) is 14.0 Å². The molecule has 20 heavy (non-hydrogen) atoms. The Morgan fingerprint density at radius 1 is 1.40 bits per heavy atom. The molecule has 2 rings (SSSR count). The minimum atomic E-state index is -0.524. The quantitative estimate of drug-likeness (QED) is 0.814. The Bertz CT molecular complexity index is 713. The zero-order valence-electron chi connectivity index (χ0n) is 10.8. The van der Waals surface area contributed by atoms with Crippen LogP contribution >= 0.6 is 11.6 Å². The fourth-order valence-corrected chi connectivity index (χ4v) is 1.94. The van der Waals surface area contributed by atoms with E-state index in [0.717, 1.165) is 0 Å². The average molecular weight is 295 g/mol. The molecular weight excluding hydrogens is 283 g/mol. The van der Waals surface area contributed by atoms with E-state index in [1.165, 1.54) is 22.9 Å². The molecule has 1 aromatic heterocycles. The molecule has 0 saturated carbocycles. The van der Waals surface area contributed by atoms with Crippen LogP contribution in [-0.2, 0) is 11.2 Å². The molecule has 0 aliphatic heterocycles. The third-order valence-electron chi connectivity index (χ3n) is 2.79. The van der Waals surface area contributed by atoms with Crippen molar-refractivity contribution in [1.29, 1.82) is 0 Å². The first-order valence-corrected chi connectivity index (χ1v) is 6.39. The van der Waals surface area contributed by atoms with E-state index >= 15 is 0 Å². The van der Waals surface area contributed by atoms with Gasteiger partial charge in [0, 0.05) is 24.6 Å². The van der Waals surface area contributed by atoms with E-state index in [1.54, 1.807) is 19.1 Å². The van der Waals surface area contributed by atoms with Crippen molar-refractivity contribution in [2.75, 3.05) is 0 Å². The van der Waals surface area contributed by atoms with Crippen molar-refractivity contribution in [1.82, 2.24) is 9.78 Å². The summed E-state index contributed by atoms with van der Waals surface area (Å²) in [6, 6.07) is 7.30. The maximum Gasteiger partial charge on any atom is 0.222 e. The Labute approximate surface area is 119 Å². The van der Waals surface area contributed by atoms with Gasteiger partial charge in [0.05, 0.1) is 5.69 Å². The average Bonchev–Trinajstić information content (AvgIpc) is 2.37. The highest BCUT2D eigenvalue weighted by molar-refractivity contribution is 6.63. The van der Waals surface area contributed by atoms with Crippen LogP contribution in [0, 0.1) is 12.7 Å². The zero-order valence-corrected chi connectivity index (χ0v) is 11.5. The maximum atomic E-state index is 13.3. The van der Waals surface area contributed by atoms with Crippen LogP contribution < -0.4 is 5.43 Å². The fraction of sp³-hybridized carbons (Fsp3) is 0.214. The van der Waals surface area contributed by atoms with Gasteiger partial charge in [-0.2, -0.15) is 5.10 Å². The number of nitrogens with zero attached hydrogens (tertiary/aromatic N) is 2. The second-order valence-corrected chi connectivity index (χ2v) is 4.77. The summed E-state index contributed by atoms with van der Waals surface area (Å²) >= 11 is 5.26. The Hall–Kier alpha value is -2.01. The van der Waals surface area contributed by atoms with Gasteiger partial charge in [0.15, 0.2) is 0 Å². The Morgan fingerprint density at radius 2 is 2.15 bits per heavy atom. The molecule has 2 aromatic rings. The van der Waals surface area contributed by atoms with Crippen molar-refractivity contribution in [2.45, 2.75) is 19.8 Å². The molecule has 0 aliphatic rings. The predicted octanol–water partition coefficient (Wildman–Crippen LogP) is 2.38. The van der Waals surface area contributed by atoms with Crippen LogP contribution in [0.3, 0.4) is 0 Å². The first-order valence-electron chi connectivity index (χ1n) is 6.01. The van der Waals surface area contributed by atoms with Crippen LogP contribution in [-0.4, -0.2) is 15.0 Å². The van der Waals surface area contributed by atoms with Crippen molar-refractivity contribution in [3.63, 3.8) is 0 Å². The van der Waals surface area contributed by atoms with Crippen LogP contribution in [0.4, 0.5) is 4.39 Å². The van der Waals surface area contributed by atoms with Crippen molar-refractivity contribution in [2.24, 2.45) is 0 Å². The molecular formula is C14H12ClFN2O2. The molecule has 0 spiro atoms. The van der Waals surface area contributed by atoms with Crippen LogP contribution in [0.2, 0.25) is 0 Å². The molecule has 0 N–H and O–H groups in total. The molecule has 0 fully saturated rings. The van der Waals surface area contributed by atoms with Crippen LogP contribution in [0.25, 0.3) is 5.69 Å². The van der Waals surface area contributed by atoms with E-state index in [4.69, 9.17) is 11.6 Å². The van der Waals surface area contributed by atoms with Crippen molar-refractivity contribution in [3.05, 3.63) is 57.8 Å². The van der Waals surface area contributed by atoms with E-state index in [0.29, 0.717) is 11.4 Å². The van der Waals surface area contributed by atoms with Gasteiger partial charge in [0.25, 0.3) is 0 Å². The summed E-state index contributed by atoms with van der Waals surface area (Å²) in [5, 5.41) is 3.66. The van der Waals surface area contributed by atoms with Crippen LogP contribution in [0.5, 0.6) is 0 Å².